The maximum Gasteiger partial charge on any atom is 0.224 e. The van der Waals surface area contributed by atoms with E-state index >= 15 is 0 Å². The van der Waals surface area contributed by atoms with Crippen molar-refractivity contribution in [1.82, 2.24) is 0 Å². The number of benzene rings is 1. The van der Waals surface area contributed by atoms with E-state index in [1.807, 2.05) is 43.2 Å². The summed E-state index contributed by atoms with van der Waals surface area (Å²) in [6, 6.07) is 7.19. The minimum atomic E-state index is -1.09. The molecule has 0 aliphatic heterocycles. The van der Waals surface area contributed by atoms with Gasteiger partial charge in [0.15, 0.2) is 0 Å². The lowest BCUT2D eigenvalue weighted by Gasteiger charge is -2.21. The second kappa shape index (κ2) is 10.7. The van der Waals surface area contributed by atoms with Crippen LogP contribution in [-0.4, -0.2) is 48.3 Å². The summed E-state index contributed by atoms with van der Waals surface area (Å²) in [7, 11) is 10.2. The third-order valence-corrected chi connectivity index (χ3v) is 6.94. The van der Waals surface area contributed by atoms with Gasteiger partial charge in [0.1, 0.15) is 0 Å². The Labute approximate surface area is 169 Å². The summed E-state index contributed by atoms with van der Waals surface area (Å²) in [5.41, 5.74) is 1.35. The van der Waals surface area contributed by atoms with E-state index in [2.05, 4.69) is 10.6 Å². The number of amides is 2. The highest BCUT2D eigenvalue weighted by atomic mass is 35.7. The molecule has 8 heteroatoms. The van der Waals surface area contributed by atoms with Crippen LogP contribution < -0.4 is 10.6 Å². The van der Waals surface area contributed by atoms with E-state index in [1.54, 1.807) is 6.07 Å². The van der Waals surface area contributed by atoms with Crippen molar-refractivity contribution < 1.29 is 9.59 Å². The van der Waals surface area contributed by atoms with Crippen LogP contribution in [0.25, 0.3) is 0 Å². The zero-order chi connectivity index (χ0) is 19.8. The molecule has 0 radical (unpaired) electrons. The third kappa shape index (κ3) is 11.9. The summed E-state index contributed by atoms with van der Waals surface area (Å²) in [6.07, 6.45) is 10.5. The van der Waals surface area contributed by atoms with Crippen LogP contribution in [0.15, 0.2) is 24.3 Å². The average molecular weight is 441 g/mol. The number of rotatable bonds is 10. The predicted octanol–water partition coefficient (Wildman–Crippen LogP) is 5.56. The van der Waals surface area contributed by atoms with Crippen LogP contribution in [0.5, 0.6) is 0 Å². The number of carbonyl (C=O) groups is 2. The van der Waals surface area contributed by atoms with Crippen molar-refractivity contribution in [2.24, 2.45) is 0 Å². The second-order valence-corrected chi connectivity index (χ2v) is 18.5. The van der Waals surface area contributed by atoms with Gasteiger partial charge in [-0.3, -0.25) is 9.59 Å². The Balaban J connectivity index is 2.44. The lowest BCUT2D eigenvalue weighted by molar-refractivity contribution is -0.117. The normalized spacial score (nSPS) is 13.2. The topological polar surface area (TPSA) is 58.2 Å². The van der Waals surface area contributed by atoms with Crippen molar-refractivity contribution in [2.45, 2.75) is 25.7 Å². The summed E-state index contributed by atoms with van der Waals surface area (Å²) in [6.45, 7) is 0. The quantitative estimate of drug-likeness (QED) is 0.499. The number of hydrogen-bond acceptors (Lipinski definition) is 2. The number of nitrogens with one attached hydrogen (secondary N) is 2. The summed E-state index contributed by atoms with van der Waals surface area (Å²) in [5.74, 6) is 1.64. The largest absolute Gasteiger partial charge is 0.326 e. The fraction of sp³-hybridized carbons (Fsp3) is 0.556. The molecule has 0 unspecified atom stereocenters. The van der Waals surface area contributed by atoms with E-state index < -0.39 is 18.5 Å². The van der Waals surface area contributed by atoms with Crippen molar-refractivity contribution in [3.05, 3.63) is 24.3 Å². The molecule has 2 N–H and O–H groups in total. The molecular formula is C18H30Cl2N2O2S2. The van der Waals surface area contributed by atoms with Crippen molar-refractivity contribution >= 4 is 63.0 Å². The van der Waals surface area contributed by atoms with Gasteiger partial charge in [0.05, 0.1) is 0 Å². The van der Waals surface area contributed by atoms with Crippen molar-refractivity contribution in [1.29, 1.82) is 0 Å². The number of carbonyl (C=O) groups excluding carboxylic acids is 2. The fourth-order valence-corrected chi connectivity index (χ4v) is 4.59. The molecule has 2 amide bonds. The molecule has 26 heavy (non-hydrogen) atoms. The first-order valence-electron chi connectivity index (χ1n) is 8.46. The van der Waals surface area contributed by atoms with Crippen LogP contribution in [0, 0.1) is 0 Å². The number of halogens is 2. The molecule has 4 nitrogen and oxygen atoms in total. The van der Waals surface area contributed by atoms with E-state index in [4.69, 9.17) is 21.4 Å². The van der Waals surface area contributed by atoms with Crippen molar-refractivity contribution in [2.75, 3.05) is 47.2 Å². The standard InChI is InChI=1S/C18H30Cl2N2O2S2/c1-25(2,19)12-6-10-17(23)21-15-8-5-9-16(14-15)22-18(24)11-7-13-26(3,4)20/h5,8-9,14H,6-7,10-13H2,1-4H3,(H,21,23)(H,22,24). The summed E-state index contributed by atoms with van der Waals surface area (Å²) in [5, 5.41) is 5.73. The van der Waals surface area contributed by atoms with Gasteiger partial charge in [-0.15, -0.1) is 0 Å². The van der Waals surface area contributed by atoms with Crippen LogP contribution in [0.4, 0.5) is 11.4 Å². The maximum atomic E-state index is 12.0. The molecule has 0 bridgehead atoms. The molecule has 0 fully saturated rings. The summed E-state index contributed by atoms with van der Waals surface area (Å²) in [4.78, 5) is 24.0. The molecule has 0 aromatic heterocycles. The van der Waals surface area contributed by atoms with E-state index in [1.165, 1.54) is 0 Å². The Morgan fingerprint density at radius 3 is 1.58 bits per heavy atom. The molecule has 0 saturated heterocycles. The zero-order valence-electron chi connectivity index (χ0n) is 15.9. The van der Waals surface area contributed by atoms with Gasteiger partial charge in [-0.2, -0.15) is 18.5 Å². The molecule has 0 atom stereocenters. The molecular weight excluding hydrogens is 411 g/mol. The summed E-state index contributed by atoms with van der Waals surface area (Å²) >= 11 is 0. The molecule has 0 heterocycles. The first-order valence-corrected chi connectivity index (χ1v) is 15.3. The fourth-order valence-electron chi connectivity index (χ4n) is 2.27. The second-order valence-electron chi connectivity index (χ2n) is 7.10. The highest BCUT2D eigenvalue weighted by Gasteiger charge is 2.11. The van der Waals surface area contributed by atoms with E-state index in [0.29, 0.717) is 24.2 Å². The SMILES string of the molecule is CS(C)(Cl)CCCC(=O)Nc1cccc(NC(=O)CCCS(C)(C)Cl)c1. The Morgan fingerprint density at radius 2 is 1.23 bits per heavy atom. The Hall–Kier alpha value is -0.560. The van der Waals surface area contributed by atoms with Gasteiger partial charge in [-0.1, -0.05) is 27.4 Å². The van der Waals surface area contributed by atoms with Gasteiger partial charge in [0.2, 0.25) is 11.8 Å². The molecule has 0 saturated carbocycles. The lowest BCUT2D eigenvalue weighted by atomic mass is 10.2. The van der Waals surface area contributed by atoms with Gasteiger partial charge in [0, 0.05) is 24.2 Å². The first-order chi connectivity index (χ1) is 11.9. The van der Waals surface area contributed by atoms with Gasteiger partial charge in [0.25, 0.3) is 0 Å². The van der Waals surface area contributed by atoms with E-state index in [0.717, 1.165) is 24.3 Å². The van der Waals surface area contributed by atoms with Crippen molar-refractivity contribution in [3.8, 4) is 0 Å². The van der Waals surface area contributed by atoms with Crippen LogP contribution in [0.2, 0.25) is 0 Å². The Bertz CT molecular complexity index is 565. The highest BCUT2D eigenvalue weighted by Crippen LogP contribution is 2.46. The third-order valence-electron chi connectivity index (χ3n) is 3.50. The Kier molecular flexibility index (Phi) is 9.65. The molecule has 1 aromatic carbocycles. The Morgan fingerprint density at radius 1 is 0.846 bits per heavy atom. The minimum Gasteiger partial charge on any atom is -0.326 e. The molecule has 0 spiro atoms. The van der Waals surface area contributed by atoms with E-state index in [-0.39, 0.29) is 11.8 Å². The monoisotopic (exact) mass is 440 g/mol. The molecule has 0 aliphatic carbocycles. The molecule has 1 aromatic rings. The summed E-state index contributed by atoms with van der Waals surface area (Å²) < 4.78 is 0. The van der Waals surface area contributed by atoms with Gasteiger partial charge in [-0.05, 0) is 67.6 Å². The van der Waals surface area contributed by atoms with Gasteiger partial charge in [-0.25, -0.2) is 0 Å². The first kappa shape index (κ1) is 23.5. The highest BCUT2D eigenvalue weighted by molar-refractivity contribution is 8.50. The minimum absolute atomic E-state index is 0.0406. The smallest absolute Gasteiger partial charge is 0.224 e. The molecule has 1 rings (SSSR count). The van der Waals surface area contributed by atoms with Crippen LogP contribution >= 0.6 is 39.8 Å². The van der Waals surface area contributed by atoms with Crippen LogP contribution in [0.3, 0.4) is 0 Å². The number of anilines is 2. The number of hydrogen-bond donors (Lipinski definition) is 2. The van der Waals surface area contributed by atoms with Crippen LogP contribution in [0.1, 0.15) is 25.7 Å². The molecule has 0 aliphatic rings. The van der Waals surface area contributed by atoms with Crippen molar-refractivity contribution in [3.63, 3.8) is 0 Å². The van der Waals surface area contributed by atoms with Gasteiger partial charge < -0.3 is 10.6 Å². The predicted molar refractivity (Wildman–Crippen MR) is 122 cm³/mol. The van der Waals surface area contributed by atoms with Crippen LogP contribution in [-0.2, 0) is 9.59 Å². The maximum absolute atomic E-state index is 12.0. The molecule has 150 valence electrons. The van der Waals surface area contributed by atoms with Gasteiger partial charge >= 0.3 is 0 Å². The zero-order valence-corrected chi connectivity index (χ0v) is 19.1. The lowest BCUT2D eigenvalue weighted by Crippen LogP contribution is -2.14. The van der Waals surface area contributed by atoms with E-state index in [9.17, 15) is 9.59 Å². The average Bonchev–Trinajstić information content (AvgIpc) is 2.44.